The Morgan fingerprint density at radius 3 is 2.65 bits per heavy atom. The number of nitrogens with zero attached hydrogens (tertiary/aromatic N) is 3. The van der Waals surface area contributed by atoms with Crippen molar-refractivity contribution in [3.63, 3.8) is 0 Å². The van der Waals surface area contributed by atoms with Crippen molar-refractivity contribution in [1.29, 1.82) is 0 Å². The lowest BCUT2D eigenvalue weighted by Gasteiger charge is -2.16. The van der Waals surface area contributed by atoms with Crippen LogP contribution in [0.5, 0.6) is 5.75 Å². The van der Waals surface area contributed by atoms with Gasteiger partial charge in [-0.25, -0.2) is 0 Å². The van der Waals surface area contributed by atoms with Gasteiger partial charge < -0.3 is 19.7 Å². The summed E-state index contributed by atoms with van der Waals surface area (Å²) < 4.78 is 10.4. The van der Waals surface area contributed by atoms with Gasteiger partial charge in [0.15, 0.2) is 17.6 Å². The van der Waals surface area contributed by atoms with Gasteiger partial charge in [0, 0.05) is 7.05 Å². The Morgan fingerprint density at radius 1 is 1.19 bits per heavy atom. The van der Waals surface area contributed by atoms with E-state index in [9.17, 15) is 9.59 Å². The van der Waals surface area contributed by atoms with E-state index in [0.717, 1.165) is 0 Å². The number of carbonyl (C=O) groups excluding carboxylic acids is 2. The van der Waals surface area contributed by atoms with Crippen LogP contribution in [0.3, 0.4) is 0 Å². The molecule has 1 N–H and O–H groups in total. The van der Waals surface area contributed by atoms with Crippen LogP contribution in [-0.2, 0) is 14.3 Å². The lowest BCUT2D eigenvalue weighted by molar-refractivity contribution is -0.145. The molecule has 0 saturated heterocycles. The molecule has 0 unspecified atom stereocenters. The number of anilines is 2. The van der Waals surface area contributed by atoms with Crippen molar-refractivity contribution in [2.24, 2.45) is 0 Å². The number of amides is 1. The van der Waals surface area contributed by atoms with Gasteiger partial charge in [0.05, 0.1) is 12.3 Å². The average molecular weight is 379 g/mol. The number of hydrogen-bond donors (Lipinski definition) is 1. The molecule has 0 saturated carbocycles. The molecule has 0 radical (unpaired) electrons. The number of halogens is 1. The number of carbonyl (C=O) groups is 2. The van der Waals surface area contributed by atoms with Gasteiger partial charge in [-0.15, -0.1) is 10.2 Å². The minimum absolute atomic E-state index is 0.0842. The summed E-state index contributed by atoms with van der Waals surface area (Å²) in [5.41, 5.74) is 0.518. The highest BCUT2D eigenvalue weighted by molar-refractivity contribution is 6.29. The molecule has 0 fully saturated rings. The number of aromatic nitrogens is 2. The summed E-state index contributed by atoms with van der Waals surface area (Å²) in [5, 5.41) is 10.5. The summed E-state index contributed by atoms with van der Waals surface area (Å²) in [7, 11) is 1.65. The van der Waals surface area contributed by atoms with Crippen molar-refractivity contribution in [2.45, 2.75) is 6.92 Å². The van der Waals surface area contributed by atoms with Gasteiger partial charge >= 0.3 is 5.97 Å². The first-order valence-electron chi connectivity index (χ1n) is 7.87. The summed E-state index contributed by atoms with van der Waals surface area (Å²) in [5.74, 6) is -0.0194. The standard InChI is InChI=1S/C17H19ClN4O4/c1-3-25-13-7-5-4-6-12(13)19-16(23)11-26-17(24)10-22(2)15-9-8-14(18)20-21-15/h4-9H,3,10-11H2,1-2H3,(H,19,23). The van der Waals surface area contributed by atoms with E-state index in [2.05, 4.69) is 15.5 Å². The van der Waals surface area contributed by atoms with Crippen molar-refractivity contribution in [1.82, 2.24) is 10.2 Å². The van der Waals surface area contributed by atoms with Crippen LogP contribution in [0.15, 0.2) is 36.4 Å². The SMILES string of the molecule is CCOc1ccccc1NC(=O)COC(=O)CN(C)c1ccc(Cl)nn1. The molecular formula is C17H19ClN4O4. The fourth-order valence-corrected chi connectivity index (χ4v) is 2.12. The van der Waals surface area contributed by atoms with Crippen molar-refractivity contribution < 1.29 is 19.1 Å². The van der Waals surface area contributed by atoms with E-state index >= 15 is 0 Å². The maximum absolute atomic E-state index is 12.0. The first kappa shape index (κ1) is 19.5. The van der Waals surface area contributed by atoms with Gasteiger partial charge in [-0.3, -0.25) is 9.59 Å². The summed E-state index contributed by atoms with van der Waals surface area (Å²) in [6, 6.07) is 10.2. The first-order chi connectivity index (χ1) is 12.5. The van der Waals surface area contributed by atoms with E-state index in [0.29, 0.717) is 23.9 Å². The number of benzene rings is 1. The molecule has 1 aromatic heterocycles. The van der Waals surface area contributed by atoms with E-state index in [4.69, 9.17) is 21.1 Å². The largest absolute Gasteiger partial charge is 0.492 e. The van der Waals surface area contributed by atoms with Crippen molar-refractivity contribution in [3.8, 4) is 5.75 Å². The van der Waals surface area contributed by atoms with E-state index in [1.165, 1.54) is 4.90 Å². The van der Waals surface area contributed by atoms with E-state index in [1.54, 1.807) is 43.4 Å². The van der Waals surface area contributed by atoms with Crippen LogP contribution in [-0.4, -0.2) is 48.9 Å². The smallest absolute Gasteiger partial charge is 0.326 e. The Hall–Kier alpha value is -2.87. The second-order valence-corrected chi connectivity index (χ2v) is 5.60. The third kappa shape index (κ3) is 5.89. The molecular weight excluding hydrogens is 360 g/mol. The first-order valence-corrected chi connectivity index (χ1v) is 8.25. The lowest BCUT2D eigenvalue weighted by Crippen LogP contribution is -2.30. The quantitative estimate of drug-likeness (QED) is 0.703. The maximum Gasteiger partial charge on any atom is 0.326 e. The summed E-state index contributed by atoms with van der Waals surface area (Å²) in [6.45, 7) is 1.84. The molecule has 0 atom stereocenters. The van der Waals surface area contributed by atoms with Gasteiger partial charge in [-0.2, -0.15) is 0 Å². The number of esters is 1. The van der Waals surface area contributed by atoms with E-state index in [-0.39, 0.29) is 11.7 Å². The second kappa shape index (κ2) is 9.57. The molecule has 9 heteroatoms. The predicted octanol–water partition coefficient (Wildman–Crippen LogP) is 2.15. The third-order valence-electron chi connectivity index (χ3n) is 3.20. The summed E-state index contributed by atoms with van der Waals surface area (Å²) in [4.78, 5) is 25.4. The molecule has 2 rings (SSSR count). The number of para-hydroxylation sites is 2. The van der Waals surface area contributed by atoms with E-state index < -0.39 is 18.5 Å². The molecule has 2 aromatic rings. The van der Waals surface area contributed by atoms with Gasteiger partial charge in [0.25, 0.3) is 5.91 Å². The fourth-order valence-electron chi connectivity index (χ4n) is 2.02. The molecule has 1 amide bonds. The Labute approximate surface area is 156 Å². The normalized spacial score (nSPS) is 10.1. The molecule has 8 nitrogen and oxygen atoms in total. The summed E-state index contributed by atoms with van der Waals surface area (Å²) in [6.07, 6.45) is 0. The zero-order valence-electron chi connectivity index (χ0n) is 14.4. The molecule has 0 bridgehead atoms. The summed E-state index contributed by atoms with van der Waals surface area (Å²) >= 11 is 5.67. The van der Waals surface area contributed by atoms with Crippen LogP contribution >= 0.6 is 11.6 Å². The second-order valence-electron chi connectivity index (χ2n) is 5.21. The Balaban J connectivity index is 1.81. The third-order valence-corrected chi connectivity index (χ3v) is 3.40. The van der Waals surface area contributed by atoms with Crippen LogP contribution in [0.2, 0.25) is 5.15 Å². The Kier molecular flexibility index (Phi) is 7.16. The number of hydrogen-bond acceptors (Lipinski definition) is 7. The van der Waals surface area contributed by atoms with Gasteiger partial charge in [-0.1, -0.05) is 23.7 Å². The van der Waals surface area contributed by atoms with Crippen molar-refractivity contribution in [3.05, 3.63) is 41.6 Å². The zero-order chi connectivity index (χ0) is 18.9. The fraction of sp³-hybridized carbons (Fsp3) is 0.294. The number of nitrogens with one attached hydrogen (secondary N) is 1. The van der Waals surface area contributed by atoms with Gasteiger partial charge in [-0.05, 0) is 31.2 Å². The lowest BCUT2D eigenvalue weighted by atomic mass is 10.3. The number of rotatable bonds is 8. The zero-order valence-corrected chi connectivity index (χ0v) is 15.2. The van der Waals surface area contributed by atoms with Crippen molar-refractivity contribution >= 4 is 35.0 Å². The highest BCUT2D eigenvalue weighted by Crippen LogP contribution is 2.23. The van der Waals surface area contributed by atoms with Crippen LogP contribution < -0.4 is 15.0 Å². The predicted molar refractivity (Wildman–Crippen MR) is 97.5 cm³/mol. The van der Waals surface area contributed by atoms with Crippen LogP contribution in [0.1, 0.15) is 6.92 Å². The van der Waals surface area contributed by atoms with Crippen LogP contribution in [0.25, 0.3) is 0 Å². The molecule has 0 spiro atoms. The van der Waals surface area contributed by atoms with Crippen LogP contribution in [0.4, 0.5) is 11.5 Å². The number of ether oxygens (including phenoxy) is 2. The highest BCUT2D eigenvalue weighted by Gasteiger charge is 2.13. The molecule has 26 heavy (non-hydrogen) atoms. The monoisotopic (exact) mass is 378 g/mol. The topological polar surface area (TPSA) is 93.6 Å². The van der Waals surface area contributed by atoms with Gasteiger partial charge in [0.2, 0.25) is 0 Å². The molecule has 138 valence electrons. The minimum Gasteiger partial charge on any atom is -0.492 e. The van der Waals surface area contributed by atoms with Gasteiger partial charge in [0.1, 0.15) is 12.3 Å². The molecule has 0 aliphatic rings. The molecule has 0 aliphatic carbocycles. The van der Waals surface area contributed by atoms with E-state index in [1.807, 2.05) is 6.92 Å². The Bertz CT molecular complexity index is 755. The molecule has 1 aromatic carbocycles. The molecule has 0 aliphatic heterocycles. The van der Waals surface area contributed by atoms with Crippen molar-refractivity contribution in [2.75, 3.05) is 37.0 Å². The maximum atomic E-state index is 12.0. The Morgan fingerprint density at radius 2 is 1.96 bits per heavy atom. The molecule has 1 heterocycles. The highest BCUT2D eigenvalue weighted by atomic mass is 35.5. The van der Waals surface area contributed by atoms with Crippen LogP contribution in [0, 0.1) is 0 Å². The minimum atomic E-state index is -0.572. The number of likely N-dealkylation sites (N-methyl/N-ethyl adjacent to an activating group) is 1. The average Bonchev–Trinajstić information content (AvgIpc) is 2.62.